The zero-order chi connectivity index (χ0) is 27.3. The van der Waals surface area contributed by atoms with E-state index in [0.717, 1.165) is 29.9 Å². The molecule has 1 aliphatic heterocycles. The van der Waals surface area contributed by atoms with Gasteiger partial charge in [-0.2, -0.15) is 10.2 Å². The van der Waals surface area contributed by atoms with Crippen molar-refractivity contribution in [2.75, 3.05) is 18.0 Å². The molecule has 1 aromatic carbocycles. The first-order chi connectivity index (χ1) is 18.8. The van der Waals surface area contributed by atoms with E-state index in [1.807, 2.05) is 12.1 Å². The second-order valence-corrected chi connectivity index (χ2v) is 10.7. The largest absolute Gasteiger partial charge is 0.364 e. The molecule has 3 atom stereocenters. The SMILES string of the molecule is C[C@@H]1CN(c2cc(=O)n(C)c3ccc(C#N)nc23)[C@@H](C)CN1C(Cc1nc(C2CC2)no1)c1ccc(F)cc1. The monoisotopic (exact) mass is 527 g/mol. The van der Waals surface area contributed by atoms with Crippen molar-refractivity contribution in [1.29, 1.82) is 5.26 Å². The first kappa shape index (κ1) is 25.2. The molecule has 9 nitrogen and oxygen atoms in total. The molecule has 2 fully saturated rings. The molecule has 1 saturated heterocycles. The van der Waals surface area contributed by atoms with Gasteiger partial charge in [0.15, 0.2) is 5.82 Å². The number of fused-ring (bicyclic) bond motifs is 1. The molecule has 0 amide bonds. The quantitative estimate of drug-likeness (QED) is 0.369. The molecule has 1 aliphatic carbocycles. The van der Waals surface area contributed by atoms with Crippen molar-refractivity contribution in [1.82, 2.24) is 24.6 Å². The molecule has 0 bridgehead atoms. The molecule has 6 rings (SSSR count). The van der Waals surface area contributed by atoms with Crippen LogP contribution >= 0.6 is 0 Å². The second-order valence-electron chi connectivity index (χ2n) is 10.7. The van der Waals surface area contributed by atoms with Crippen LogP contribution in [0.25, 0.3) is 11.0 Å². The molecule has 39 heavy (non-hydrogen) atoms. The van der Waals surface area contributed by atoms with Crippen LogP contribution in [0, 0.1) is 17.1 Å². The van der Waals surface area contributed by atoms with Gasteiger partial charge in [-0.15, -0.1) is 0 Å². The summed E-state index contributed by atoms with van der Waals surface area (Å²) in [6.45, 7) is 5.59. The number of halogens is 1. The summed E-state index contributed by atoms with van der Waals surface area (Å²) in [6, 6.07) is 13.8. The van der Waals surface area contributed by atoms with Crippen molar-refractivity contribution in [3.8, 4) is 6.07 Å². The zero-order valence-corrected chi connectivity index (χ0v) is 22.2. The molecule has 2 aliphatic rings. The van der Waals surface area contributed by atoms with Crippen LogP contribution < -0.4 is 10.5 Å². The standard InChI is InChI=1S/C29H30FN7O2/c1-17-16-37(25-13-27(38)35(3)23-11-10-22(14-31)32-28(23)25)18(2)15-36(17)24(19-6-8-21(30)9-7-19)12-26-33-29(34-39-26)20-4-5-20/h6-11,13,17-18,20,24H,4-5,12,15-16H2,1-3H3/t17-,18+,24?/m1/s1. The van der Waals surface area contributed by atoms with Crippen LogP contribution in [0.15, 0.2) is 51.8 Å². The number of nitriles is 1. The highest BCUT2D eigenvalue weighted by Gasteiger charge is 2.37. The lowest BCUT2D eigenvalue weighted by Crippen LogP contribution is -2.57. The van der Waals surface area contributed by atoms with Crippen molar-refractivity contribution in [3.05, 3.63) is 81.6 Å². The zero-order valence-electron chi connectivity index (χ0n) is 22.2. The van der Waals surface area contributed by atoms with E-state index in [9.17, 15) is 14.4 Å². The Morgan fingerprint density at radius 2 is 1.87 bits per heavy atom. The molecule has 200 valence electrons. The Morgan fingerprint density at radius 3 is 2.59 bits per heavy atom. The third-order valence-electron chi connectivity index (χ3n) is 7.98. The summed E-state index contributed by atoms with van der Waals surface area (Å²) in [4.78, 5) is 26.7. The maximum Gasteiger partial charge on any atom is 0.252 e. The normalized spacial score (nSPS) is 20.7. The summed E-state index contributed by atoms with van der Waals surface area (Å²) in [5.74, 6) is 1.48. The van der Waals surface area contributed by atoms with Crippen molar-refractivity contribution >= 4 is 16.7 Å². The van der Waals surface area contributed by atoms with Gasteiger partial charge in [0.1, 0.15) is 23.1 Å². The Labute approximate surface area is 225 Å². The Hall–Kier alpha value is -4.10. The first-order valence-corrected chi connectivity index (χ1v) is 13.3. The first-order valence-electron chi connectivity index (χ1n) is 13.3. The van der Waals surface area contributed by atoms with Crippen LogP contribution in [0.1, 0.15) is 61.6 Å². The summed E-state index contributed by atoms with van der Waals surface area (Å²) in [7, 11) is 1.71. The molecule has 1 unspecified atom stereocenters. The number of nitrogens with zero attached hydrogens (tertiary/aromatic N) is 7. The van der Waals surface area contributed by atoms with E-state index in [2.05, 4.69) is 44.8 Å². The van der Waals surface area contributed by atoms with Gasteiger partial charge in [0.25, 0.3) is 5.56 Å². The van der Waals surface area contributed by atoms with Crippen LogP contribution in [-0.4, -0.2) is 49.8 Å². The lowest BCUT2D eigenvalue weighted by molar-refractivity contribution is 0.104. The number of piperazine rings is 1. The number of rotatable bonds is 6. The molecule has 0 radical (unpaired) electrons. The minimum absolute atomic E-state index is 0.0247. The van der Waals surface area contributed by atoms with Crippen LogP contribution in [0.4, 0.5) is 10.1 Å². The average molecular weight is 528 g/mol. The summed E-state index contributed by atoms with van der Waals surface area (Å²) in [5, 5.41) is 13.6. The number of hydrogen-bond donors (Lipinski definition) is 0. The Bertz CT molecular complexity index is 1620. The predicted molar refractivity (Wildman–Crippen MR) is 144 cm³/mol. The summed E-state index contributed by atoms with van der Waals surface area (Å²) in [5.41, 5.74) is 3.22. The fraction of sp³-hybridized carbons (Fsp3) is 0.414. The van der Waals surface area contributed by atoms with Crippen molar-refractivity contribution in [3.63, 3.8) is 0 Å². The van der Waals surface area contributed by atoms with Crippen LogP contribution in [-0.2, 0) is 13.5 Å². The van der Waals surface area contributed by atoms with Gasteiger partial charge in [-0.25, -0.2) is 9.37 Å². The molecule has 1 saturated carbocycles. The molecule has 3 aromatic heterocycles. The molecule has 10 heteroatoms. The van der Waals surface area contributed by atoms with E-state index in [1.54, 1.807) is 29.8 Å². The van der Waals surface area contributed by atoms with Gasteiger partial charge in [0.2, 0.25) is 5.89 Å². The Morgan fingerprint density at radius 1 is 1.10 bits per heavy atom. The second kappa shape index (κ2) is 9.89. The molecular weight excluding hydrogens is 497 g/mol. The number of anilines is 1. The fourth-order valence-corrected chi connectivity index (χ4v) is 5.65. The van der Waals surface area contributed by atoms with Gasteiger partial charge >= 0.3 is 0 Å². The highest BCUT2D eigenvalue weighted by molar-refractivity contribution is 5.89. The van der Waals surface area contributed by atoms with Gasteiger partial charge in [0.05, 0.1) is 11.2 Å². The van der Waals surface area contributed by atoms with Gasteiger partial charge in [-0.05, 0) is 56.5 Å². The van der Waals surface area contributed by atoms with E-state index >= 15 is 0 Å². The number of aryl methyl sites for hydroxylation is 1. The van der Waals surface area contributed by atoms with Crippen molar-refractivity contribution in [2.45, 2.75) is 57.2 Å². The molecule has 4 aromatic rings. The average Bonchev–Trinajstić information content (AvgIpc) is 3.69. The third kappa shape index (κ3) is 4.79. The summed E-state index contributed by atoms with van der Waals surface area (Å²) in [6.07, 6.45) is 2.71. The van der Waals surface area contributed by atoms with E-state index in [1.165, 1.54) is 12.1 Å². The van der Waals surface area contributed by atoms with Crippen LogP contribution in [0.3, 0.4) is 0 Å². The Kier molecular flexibility index (Phi) is 6.39. The smallest absolute Gasteiger partial charge is 0.252 e. The van der Waals surface area contributed by atoms with Crippen molar-refractivity contribution in [2.24, 2.45) is 7.05 Å². The van der Waals surface area contributed by atoms with Gasteiger partial charge in [-0.1, -0.05) is 17.3 Å². The van der Waals surface area contributed by atoms with Gasteiger partial charge < -0.3 is 14.0 Å². The predicted octanol–water partition coefficient (Wildman–Crippen LogP) is 4.09. The van der Waals surface area contributed by atoms with Crippen LogP contribution in [0.5, 0.6) is 0 Å². The highest BCUT2D eigenvalue weighted by atomic mass is 19.1. The van der Waals surface area contributed by atoms with E-state index in [0.29, 0.717) is 48.0 Å². The topological polar surface area (TPSA) is 104 Å². The van der Waals surface area contributed by atoms with Gasteiger partial charge in [-0.3, -0.25) is 9.69 Å². The molecule has 0 spiro atoms. The minimum Gasteiger partial charge on any atom is -0.364 e. The Balaban J connectivity index is 1.33. The summed E-state index contributed by atoms with van der Waals surface area (Å²) < 4.78 is 21.0. The lowest BCUT2D eigenvalue weighted by atomic mass is 9.96. The molecular formula is C29H30FN7O2. The van der Waals surface area contributed by atoms with E-state index < -0.39 is 0 Å². The number of pyridine rings is 2. The maximum absolute atomic E-state index is 13.8. The van der Waals surface area contributed by atoms with Gasteiger partial charge in [0, 0.05) is 56.7 Å². The van der Waals surface area contributed by atoms with Crippen molar-refractivity contribution < 1.29 is 8.91 Å². The van der Waals surface area contributed by atoms with E-state index in [-0.39, 0.29) is 29.5 Å². The maximum atomic E-state index is 13.8. The fourth-order valence-electron chi connectivity index (χ4n) is 5.65. The summed E-state index contributed by atoms with van der Waals surface area (Å²) >= 11 is 0. The molecule has 4 heterocycles. The minimum atomic E-state index is -0.278. The third-order valence-corrected chi connectivity index (χ3v) is 7.98. The lowest BCUT2D eigenvalue weighted by Gasteiger charge is -2.48. The highest BCUT2D eigenvalue weighted by Crippen LogP contribution is 2.39. The number of aromatic nitrogens is 4. The number of hydrogen-bond acceptors (Lipinski definition) is 8. The van der Waals surface area contributed by atoms with Crippen LogP contribution in [0.2, 0.25) is 0 Å². The van der Waals surface area contributed by atoms with E-state index in [4.69, 9.17) is 4.52 Å². The number of benzene rings is 1. The molecule has 0 N–H and O–H groups in total.